The number of aromatic amines is 1. The molecule has 1 N–H and O–H groups in total. The van der Waals surface area contributed by atoms with Gasteiger partial charge in [-0.3, -0.25) is 9.59 Å². The van der Waals surface area contributed by atoms with Gasteiger partial charge in [-0.15, -0.1) is 0 Å². The Morgan fingerprint density at radius 2 is 1.80 bits per heavy atom. The van der Waals surface area contributed by atoms with Gasteiger partial charge in [0.15, 0.2) is 0 Å². The van der Waals surface area contributed by atoms with Crippen molar-refractivity contribution in [3.63, 3.8) is 0 Å². The van der Waals surface area contributed by atoms with Gasteiger partial charge in [-0.05, 0) is 36.5 Å². The summed E-state index contributed by atoms with van der Waals surface area (Å²) >= 11 is 0. The van der Waals surface area contributed by atoms with Crippen LogP contribution in [-0.2, 0) is 14.8 Å². The minimum atomic E-state index is -3.73. The van der Waals surface area contributed by atoms with E-state index in [1.807, 2.05) is 0 Å². The van der Waals surface area contributed by atoms with Crippen molar-refractivity contribution in [1.82, 2.24) is 14.2 Å². The van der Waals surface area contributed by atoms with Gasteiger partial charge in [0.1, 0.15) is 5.56 Å². The number of sulfonamides is 1. The van der Waals surface area contributed by atoms with E-state index in [1.165, 1.54) is 22.6 Å². The zero-order valence-electron chi connectivity index (χ0n) is 17.3. The first-order valence-corrected chi connectivity index (χ1v) is 11.7. The molecule has 2 unspecified atom stereocenters. The molecule has 162 valence electrons. The maximum absolute atomic E-state index is 13.1. The maximum Gasteiger partial charge on any atom is 0.259 e. The minimum Gasteiger partial charge on any atom is -0.379 e. The van der Waals surface area contributed by atoms with Gasteiger partial charge >= 0.3 is 0 Å². The number of pyridine rings is 1. The highest BCUT2D eigenvalue weighted by Crippen LogP contribution is 2.23. The third-order valence-corrected chi connectivity index (χ3v) is 7.74. The van der Waals surface area contributed by atoms with E-state index in [9.17, 15) is 18.0 Å². The van der Waals surface area contributed by atoms with Gasteiger partial charge in [0.2, 0.25) is 15.5 Å². The van der Waals surface area contributed by atoms with Crippen molar-refractivity contribution in [3.8, 4) is 0 Å². The van der Waals surface area contributed by atoms with Crippen LogP contribution in [0.5, 0.6) is 0 Å². The summed E-state index contributed by atoms with van der Waals surface area (Å²) in [7, 11) is -3.73. The molecule has 0 radical (unpaired) electrons. The fourth-order valence-electron chi connectivity index (χ4n) is 4.45. The molecule has 0 aliphatic carbocycles. The van der Waals surface area contributed by atoms with Crippen molar-refractivity contribution in [2.24, 2.45) is 11.8 Å². The summed E-state index contributed by atoms with van der Waals surface area (Å²) < 4.78 is 32.5. The molecule has 9 heteroatoms. The van der Waals surface area contributed by atoms with Crippen molar-refractivity contribution < 1.29 is 17.9 Å². The first kappa shape index (κ1) is 21.0. The third-order valence-electron chi connectivity index (χ3n) is 5.85. The van der Waals surface area contributed by atoms with Gasteiger partial charge in [-0.1, -0.05) is 13.8 Å². The van der Waals surface area contributed by atoms with Crippen LogP contribution in [0.15, 0.2) is 34.1 Å². The summed E-state index contributed by atoms with van der Waals surface area (Å²) in [6.07, 6.45) is 2.49. The maximum atomic E-state index is 13.1. The van der Waals surface area contributed by atoms with E-state index in [1.54, 1.807) is 11.0 Å². The predicted molar refractivity (Wildman–Crippen MR) is 113 cm³/mol. The Balaban J connectivity index is 1.71. The first-order valence-electron chi connectivity index (χ1n) is 10.3. The van der Waals surface area contributed by atoms with Crippen molar-refractivity contribution in [2.75, 3.05) is 39.4 Å². The monoisotopic (exact) mass is 433 g/mol. The van der Waals surface area contributed by atoms with Crippen LogP contribution < -0.4 is 5.43 Å². The quantitative estimate of drug-likeness (QED) is 0.794. The lowest BCUT2D eigenvalue weighted by Crippen LogP contribution is -2.44. The molecule has 1 aromatic carbocycles. The molecule has 8 nitrogen and oxygen atoms in total. The molecule has 2 fully saturated rings. The summed E-state index contributed by atoms with van der Waals surface area (Å²) in [6, 6.07) is 4.43. The highest BCUT2D eigenvalue weighted by molar-refractivity contribution is 7.89. The second kappa shape index (κ2) is 8.13. The normalized spacial score (nSPS) is 23.6. The van der Waals surface area contributed by atoms with Gasteiger partial charge in [0.25, 0.3) is 5.91 Å². The second-order valence-corrected chi connectivity index (χ2v) is 10.3. The lowest BCUT2D eigenvalue weighted by Gasteiger charge is -2.34. The van der Waals surface area contributed by atoms with Crippen molar-refractivity contribution in [3.05, 3.63) is 40.2 Å². The Labute approximate surface area is 175 Å². The summed E-state index contributed by atoms with van der Waals surface area (Å²) in [5.74, 6) is 0.447. The number of morpholine rings is 1. The van der Waals surface area contributed by atoms with Gasteiger partial charge in [0, 0.05) is 43.3 Å². The smallest absolute Gasteiger partial charge is 0.259 e. The number of piperidine rings is 1. The molecule has 4 rings (SSSR count). The molecule has 0 spiro atoms. The first-order chi connectivity index (χ1) is 14.3. The molecule has 0 saturated carbocycles. The molecular weight excluding hydrogens is 406 g/mol. The molecule has 2 aliphatic heterocycles. The lowest BCUT2D eigenvalue weighted by molar-refractivity contribution is 0.0621. The Hall–Kier alpha value is -2.23. The Morgan fingerprint density at radius 3 is 2.47 bits per heavy atom. The summed E-state index contributed by atoms with van der Waals surface area (Å²) in [5, 5.41) is 0.202. The SMILES string of the molecule is CC1CC(C)CN(C(=O)c2c[nH]c3ccc(S(=O)(=O)N4CCOCC4)cc3c2=O)C1. The molecule has 2 aromatic rings. The van der Waals surface area contributed by atoms with Gasteiger partial charge in [-0.25, -0.2) is 8.42 Å². The third kappa shape index (κ3) is 3.89. The largest absolute Gasteiger partial charge is 0.379 e. The summed E-state index contributed by atoms with van der Waals surface area (Å²) in [6.45, 7) is 6.68. The molecule has 2 atom stereocenters. The number of H-pyrrole nitrogens is 1. The molecule has 2 aliphatic rings. The van der Waals surface area contributed by atoms with Crippen LogP contribution in [-0.4, -0.2) is 67.9 Å². The van der Waals surface area contributed by atoms with E-state index in [4.69, 9.17) is 4.74 Å². The molecule has 1 amide bonds. The number of nitrogens with zero attached hydrogens (tertiary/aromatic N) is 2. The van der Waals surface area contributed by atoms with Crippen molar-refractivity contribution in [1.29, 1.82) is 0 Å². The van der Waals surface area contributed by atoms with Crippen LogP contribution in [0.2, 0.25) is 0 Å². The lowest BCUT2D eigenvalue weighted by atomic mass is 9.91. The molecule has 1 aromatic heterocycles. The van der Waals surface area contributed by atoms with E-state index in [0.29, 0.717) is 43.7 Å². The molecule has 30 heavy (non-hydrogen) atoms. The average Bonchev–Trinajstić information content (AvgIpc) is 2.73. The zero-order valence-corrected chi connectivity index (χ0v) is 18.1. The van der Waals surface area contributed by atoms with E-state index in [2.05, 4.69) is 18.8 Å². The van der Waals surface area contributed by atoms with Gasteiger partial charge < -0.3 is 14.6 Å². The fraction of sp³-hybridized carbons (Fsp3) is 0.524. The van der Waals surface area contributed by atoms with Crippen LogP contribution in [0.4, 0.5) is 0 Å². The van der Waals surface area contributed by atoms with Crippen LogP contribution in [0, 0.1) is 11.8 Å². The number of fused-ring (bicyclic) bond motifs is 1. The highest BCUT2D eigenvalue weighted by atomic mass is 32.2. The summed E-state index contributed by atoms with van der Waals surface area (Å²) in [4.78, 5) is 30.9. The number of aromatic nitrogens is 1. The van der Waals surface area contributed by atoms with E-state index in [-0.39, 0.29) is 34.8 Å². The number of nitrogens with one attached hydrogen (secondary N) is 1. The topological polar surface area (TPSA) is 99.8 Å². The Bertz CT molecular complexity index is 1110. The zero-order chi connectivity index (χ0) is 21.5. The van der Waals surface area contributed by atoms with Crippen LogP contribution in [0.3, 0.4) is 0 Å². The number of carbonyl (C=O) groups excluding carboxylic acids is 1. The molecule has 3 heterocycles. The number of rotatable bonds is 3. The van der Waals surface area contributed by atoms with Crippen LogP contribution in [0.1, 0.15) is 30.6 Å². The number of carbonyl (C=O) groups is 1. The standard InChI is InChI=1S/C21H27N3O5S/c1-14-9-15(2)13-23(12-14)21(26)18-11-22-19-4-3-16(10-17(19)20(18)25)30(27,28)24-5-7-29-8-6-24/h3-4,10-11,14-15H,5-9,12-13H2,1-2H3,(H,22,25). The van der Waals surface area contributed by atoms with Crippen LogP contribution in [0.25, 0.3) is 10.9 Å². The van der Waals surface area contributed by atoms with E-state index < -0.39 is 15.5 Å². The van der Waals surface area contributed by atoms with Gasteiger partial charge in [0.05, 0.1) is 18.1 Å². The minimum absolute atomic E-state index is 0.0460. The van der Waals surface area contributed by atoms with Crippen molar-refractivity contribution >= 4 is 26.8 Å². The molecular formula is C21H27N3O5S. The number of benzene rings is 1. The molecule has 2 saturated heterocycles. The number of likely N-dealkylation sites (tertiary alicyclic amines) is 1. The number of hydrogen-bond donors (Lipinski definition) is 1. The highest BCUT2D eigenvalue weighted by Gasteiger charge is 2.29. The van der Waals surface area contributed by atoms with Crippen molar-refractivity contribution in [2.45, 2.75) is 25.2 Å². The Morgan fingerprint density at radius 1 is 1.13 bits per heavy atom. The predicted octanol–water partition coefficient (Wildman–Crippen LogP) is 1.67. The average molecular weight is 434 g/mol. The van der Waals surface area contributed by atoms with E-state index in [0.717, 1.165) is 6.42 Å². The Kier molecular flexibility index (Phi) is 5.69. The van der Waals surface area contributed by atoms with Gasteiger partial charge in [-0.2, -0.15) is 4.31 Å². The summed E-state index contributed by atoms with van der Waals surface area (Å²) in [5.41, 5.74) is 0.0984. The molecule has 0 bridgehead atoms. The number of amides is 1. The fourth-order valence-corrected chi connectivity index (χ4v) is 5.89. The van der Waals surface area contributed by atoms with E-state index >= 15 is 0 Å². The number of ether oxygens (including phenoxy) is 1. The van der Waals surface area contributed by atoms with Crippen LogP contribution >= 0.6 is 0 Å². The number of hydrogen-bond acceptors (Lipinski definition) is 5. The second-order valence-electron chi connectivity index (χ2n) is 8.41.